The monoisotopic (exact) mass is 333 g/mol. The van der Waals surface area contributed by atoms with Gasteiger partial charge in [0, 0.05) is 6.04 Å². The number of amides is 1. The average Bonchev–Trinajstić information content (AvgIpc) is 2.57. The number of esters is 1. The topological polar surface area (TPSA) is 64.6 Å². The summed E-state index contributed by atoms with van der Waals surface area (Å²) in [6.45, 7) is 3.78. The molecule has 1 aromatic carbocycles. The molecule has 132 valence electrons. The molecule has 0 unspecified atom stereocenters. The normalized spacial score (nSPS) is 21.6. The molecule has 1 fully saturated rings. The number of methoxy groups -OCH3 is 1. The van der Waals surface area contributed by atoms with Crippen LogP contribution in [0.5, 0.6) is 5.75 Å². The van der Waals surface area contributed by atoms with E-state index in [1.165, 1.54) is 6.42 Å². The van der Waals surface area contributed by atoms with Crippen LogP contribution in [0.25, 0.3) is 0 Å². The Morgan fingerprint density at radius 1 is 1.21 bits per heavy atom. The first kappa shape index (κ1) is 18.3. The molecule has 0 spiro atoms. The lowest BCUT2D eigenvalue weighted by molar-refractivity contribution is -0.154. The van der Waals surface area contributed by atoms with Crippen molar-refractivity contribution < 1.29 is 19.1 Å². The van der Waals surface area contributed by atoms with Crippen LogP contribution in [-0.2, 0) is 20.7 Å². The fourth-order valence-electron chi connectivity index (χ4n) is 3.03. The van der Waals surface area contributed by atoms with E-state index >= 15 is 0 Å². The first-order valence-corrected chi connectivity index (χ1v) is 8.62. The van der Waals surface area contributed by atoms with Crippen molar-refractivity contribution in [2.24, 2.45) is 5.92 Å². The first-order valence-electron chi connectivity index (χ1n) is 8.62. The van der Waals surface area contributed by atoms with E-state index in [0.29, 0.717) is 5.92 Å². The highest BCUT2D eigenvalue weighted by atomic mass is 16.5. The van der Waals surface area contributed by atoms with Gasteiger partial charge >= 0.3 is 5.97 Å². The van der Waals surface area contributed by atoms with Gasteiger partial charge in [0.15, 0.2) is 6.10 Å². The number of ether oxygens (including phenoxy) is 2. The smallest absolute Gasteiger partial charge is 0.311 e. The summed E-state index contributed by atoms with van der Waals surface area (Å²) < 4.78 is 10.3. The molecule has 5 heteroatoms. The summed E-state index contributed by atoms with van der Waals surface area (Å²) in [5.41, 5.74) is 0.828. The molecule has 1 saturated carbocycles. The van der Waals surface area contributed by atoms with Crippen molar-refractivity contribution in [2.75, 3.05) is 7.11 Å². The second kappa shape index (κ2) is 8.71. The molecule has 24 heavy (non-hydrogen) atoms. The molecule has 1 amide bonds. The highest BCUT2D eigenvalue weighted by Crippen LogP contribution is 2.23. The maximum absolute atomic E-state index is 12.2. The van der Waals surface area contributed by atoms with E-state index in [2.05, 4.69) is 12.2 Å². The molecule has 0 saturated heterocycles. The number of hydrogen-bond acceptors (Lipinski definition) is 4. The molecular formula is C19H27NO4. The second-order valence-corrected chi connectivity index (χ2v) is 6.53. The lowest BCUT2D eigenvalue weighted by atomic mass is 9.86. The summed E-state index contributed by atoms with van der Waals surface area (Å²) in [5, 5.41) is 3.02. The molecular weight excluding hydrogens is 306 g/mol. The zero-order valence-electron chi connectivity index (χ0n) is 14.7. The Morgan fingerprint density at radius 3 is 2.50 bits per heavy atom. The van der Waals surface area contributed by atoms with Crippen LogP contribution in [0.2, 0.25) is 0 Å². The lowest BCUT2D eigenvalue weighted by Gasteiger charge is -2.30. The number of hydrogen-bond donors (Lipinski definition) is 1. The minimum absolute atomic E-state index is 0.140. The van der Waals surface area contributed by atoms with Gasteiger partial charge in [-0.05, 0) is 43.4 Å². The summed E-state index contributed by atoms with van der Waals surface area (Å²) in [5.74, 6) is 0.600. The Hall–Kier alpha value is -2.04. The largest absolute Gasteiger partial charge is 0.497 e. The molecule has 0 aromatic heterocycles. The van der Waals surface area contributed by atoms with Crippen molar-refractivity contribution >= 4 is 11.9 Å². The van der Waals surface area contributed by atoms with E-state index in [0.717, 1.165) is 30.6 Å². The molecule has 2 rings (SSSR count). The maximum Gasteiger partial charge on any atom is 0.311 e. The molecule has 0 radical (unpaired) electrons. The standard InChI is InChI=1S/C19H27NO4/c1-13-6-4-5-7-17(13)20-19(22)14(2)24-18(21)12-15-8-10-16(23-3)11-9-15/h8-11,13-14,17H,4-7,12H2,1-3H3,(H,20,22)/t13-,14-,17-/m0/s1. The van der Waals surface area contributed by atoms with Gasteiger partial charge in [0.05, 0.1) is 13.5 Å². The second-order valence-electron chi connectivity index (χ2n) is 6.53. The van der Waals surface area contributed by atoms with Crippen molar-refractivity contribution in [1.82, 2.24) is 5.32 Å². The fourth-order valence-corrected chi connectivity index (χ4v) is 3.03. The van der Waals surface area contributed by atoms with E-state index in [1.807, 2.05) is 12.1 Å². The molecule has 3 atom stereocenters. The van der Waals surface area contributed by atoms with Crippen LogP contribution in [0.4, 0.5) is 0 Å². The van der Waals surface area contributed by atoms with Crippen LogP contribution < -0.4 is 10.1 Å². The van der Waals surface area contributed by atoms with Crippen LogP contribution in [0.3, 0.4) is 0 Å². The highest BCUT2D eigenvalue weighted by molar-refractivity contribution is 5.84. The zero-order chi connectivity index (χ0) is 17.5. The summed E-state index contributed by atoms with van der Waals surface area (Å²) in [6.07, 6.45) is 3.86. The van der Waals surface area contributed by atoms with Crippen LogP contribution >= 0.6 is 0 Å². The average molecular weight is 333 g/mol. The number of rotatable bonds is 6. The minimum atomic E-state index is -0.773. The summed E-state index contributed by atoms with van der Waals surface area (Å²) >= 11 is 0. The number of carbonyl (C=O) groups is 2. The Bertz CT molecular complexity index is 555. The Balaban J connectivity index is 1.80. The van der Waals surface area contributed by atoms with Gasteiger partial charge < -0.3 is 14.8 Å². The van der Waals surface area contributed by atoms with Crippen LogP contribution in [0.1, 0.15) is 45.1 Å². The Kier molecular flexibility index (Phi) is 6.64. The third kappa shape index (κ3) is 5.25. The lowest BCUT2D eigenvalue weighted by Crippen LogP contribution is -2.46. The van der Waals surface area contributed by atoms with E-state index in [9.17, 15) is 9.59 Å². The molecule has 1 aliphatic rings. The van der Waals surface area contributed by atoms with Gasteiger partial charge in [-0.3, -0.25) is 9.59 Å². The van der Waals surface area contributed by atoms with Gasteiger partial charge in [0.25, 0.3) is 5.91 Å². The van der Waals surface area contributed by atoms with Gasteiger partial charge in [0.2, 0.25) is 0 Å². The molecule has 0 aliphatic heterocycles. The SMILES string of the molecule is COc1ccc(CC(=O)O[C@@H](C)C(=O)N[C@H]2CCCC[C@@H]2C)cc1. The summed E-state index contributed by atoms with van der Waals surface area (Å²) in [4.78, 5) is 24.2. The summed E-state index contributed by atoms with van der Waals surface area (Å²) in [7, 11) is 1.59. The van der Waals surface area contributed by atoms with Crippen LogP contribution in [0, 0.1) is 5.92 Å². The third-order valence-electron chi connectivity index (χ3n) is 4.62. The van der Waals surface area contributed by atoms with E-state index < -0.39 is 12.1 Å². The van der Waals surface area contributed by atoms with Crippen molar-refractivity contribution in [3.05, 3.63) is 29.8 Å². The van der Waals surface area contributed by atoms with Crippen molar-refractivity contribution in [1.29, 1.82) is 0 Å². The van der Waals surface area contributed by atoms with E-state index in [-0.39, 0.29) is 18.4 Å². The third-order valence-corrected chi connectivity index (χ3v) is 4.62. The van der Waals surface area contributed by atoms with Crippen molar-refractivity contribution in [2.45, 2.75) is 58.1 Å². The Labute approximate surface area is 143 Å². The van der Waals surface area contributed by atoms with Crippen LogP contribution in [-0.4, -0.2) is 31.1 Å². The maximum atomic E-state index is 12.2. The molecule has 5 nitrogen and oxygen atoms in total. The first-order chi connectivity index (χ1) is 11.5. The number of benzene rings is 1. The van der Waals surface area contributed by atoms with Crippen molar-refractivity contribution in [3.63, 3.8) is 0 Å². The zero-order valence-corrected chi connectivity index (χ0v) is 14.7. The van der Waals surface area contributed by atoms with Gasteiger partial charge in [-0.2, -0.15) is 0 Å². The van der Waals surface area contributed by atoms with E-state index in [1.54, 1.807) is 26.2 Å². The predicted molar refractivity (Wildman–Crippen MR) is 91.8 cm³/mol. The van der Waals surface area contributed by atoms with Gasteiger partial charge in [-0.15, -0.1) is 0 Å². The highest BCUT2D eigenvalue weighted by Gasteiger charge is 2.26. The van der Waals surface area contributed by atoms with E-state index in [4.69, 9.17) is 9.47 Å². The number of nitrogens with one attached hydrogen (secondary N) is 1. The Morgan fingerprint density at radius 2 is 1.88 bits per heavy atom. The molecule has 1 aliphatic carbocycles. The molecule has 0 bridgehead atoms. The quantitative estimate of drug-likeness (QED) is 0.813. The summed E-state index contributed by atoms with van der Waals surface area (Å²) in [6, 6.07) is 7.41. The number of carbonyl (C=O) groups excluding carboxylic acids is 2. The molecule has 1 aromatic rings. The van der Waals surface area contributed by atoms with Gasteiger partial charge in [-0.1, -0.05) is 31.9 Å². The molecule has 0 heterocycles. The minimum Gasteiger partial charge on any atom is -0.497 e. The van der Waals surface area contributed by atoms with Gasteiger partial charge in [0.1, 0.15) is 5.75 Å². The van der Waals surface area contributed by atoms with Crippen LogP contribution in [0.15, 0.2) is 24.3 Å². The van der Waals surface area contributed by atoms with Crippen molar-refractivity contribution in [3.8, 4) is 5.75 Å². The molecule has 1 N–H and O–H groups in total. The predicted octanol–water partition coefficient (Wildman–Crippen LogP) is 2.86. The van der Waals surface area contributed by atoms with Gasteiger partial charge in [-0.25, -0.2) is 0 Å². The fraction of sp³-hybridized carbons (Fsp3) is 0.579.